The molecule has 0 saturated heterocycles. The maximum Gasteiger partial charge on any atom is 0.313 e. The van der Waals surface area contributed by atoms with Crippen LogP contribution in [0.5, 0.6) is 0 Å². The Kier molecular flexibility index (Phi) is 9.24. The molecule has 4 N–H and O–H groups in total. The van der Waals surface area contributed by atoms with Gasteiger partial charge in [0.05, 0.1) is 12.5 Å². The number of hydrogen-bond donors (Lipinski definition) is 4. The second-order valence-corrected chi connectivity index (χ2v) is 8.51. The highest BCUT2D eigenvalue weighted by Crippen LogP contribution is 2.30. The van der Waals surface area contributed by atoms with Crippen LogP contribution in [0.2, 0.25) is 0 Å². The molecule has 2 unspecified atom stereocenters. The molecule has 3 amide bonds. The molecule has 0 aromatic heterocycles. The Morgan fingerprint density at radius 3 is 2.19 bits per heavy atom. The Hall–Kier alpha value is -3.56. The first-order valence-electron chi connectivity index (χ1n) is 9.96. The molecule has 1 aromatic rings. The van der Waals surface area contributed by atoms with Crippen molar-refractivity contribution in [2.24, 2.45) is 0 Å². The molecule has 0 aliphatic carbocycles. The number of amides is 3. The topological polar surface area (TPSA) is 159 Å². The molecule has 2 atom stereocenters. The van der Waals surface area contributed by atoms with E-state index in [-0.39, 0.29) is 23.9 Å². The fourth-order valence-electron chi connectivity index (χ4n) is 2.88. The van der Waals surface area contributed by atoms with Crippen LogP contribution < -0.4 is 16.0 Å². The SMILES string of the molecule is CC(=O)Cc1ccc(C(C)(C)C)c(NC(=O)C(=O)NC(C)C(=O)NC(C=O)CC(=O)O)c1. The second-order valence-electron chi connectivity index (χ2n) is 8.51. The molecule has 0 radical (unpaired) electrons. The molecule has 0 saturated carbocycles. The third kappa shape index (κ3) is 8.29. The van der Waals surface area contributed by atoms with Crippen molar-refractivity contribution in [2.45, 2.75) is 65.0 Å². The summed E-state index contributed by atoms with van der Waals surface area (Å²) in [6.45, 7) is 8.51. The number of carboxylic acid groups (broad SMARTS) is 1. The number of aldehydes is 1. The highest BCUT2D eigenvalue weighted by molar-refractivity contribution is 6.40. The first-order valence-corrected chi connectivity index (χ1v) is 9.96. The molecule has 0 aliphatic rings. The minimum absolute atomic E-state index is 0.0557. The fourth-order valence-corrected chi connectivity index (χ4v) is 2.88. The van der Waals surface area contributed by atoms with E-state index in [9.17, 15) is 28.8 Å². The summed E-state index contributed by atoms with van der Waals surface area (Å²) in [5.41, 5.74) is 1.43. The molecular weight excluding hydrogens is 418 g/mol. The van der Waals surface area contributed by atoms with Crippen LogP contribution in [0.15, 0.2) is 18.2 Å². The Morgan fingerprint density at radius 1 is 1.06 bits per heavy atom. The van der Waals surface area contributed by atoms with E-state index in [1.54, 1.807) is 18.2 Å². The van der Waals surface area contributed by atoms with Crippen molar-refractivity contribution in [3.63, 3.8) is 0 Å². The molecule has 174 valence electrons. The van der Waals surface area contributed by atoms with E-state index in [0.717, 1.165) is 5.56 Å². The molecule has 32 heavy (non-hydrogen) atoms. The normalized spacial score (nSPS) is 12.8. The van der Waals surface area contributed by atoms with Crippen LogP contribution in [0.4, 0.5) is 5.69 Å². The molecule has 0 spiro atoms. The van der Waals surface area contributed by atoms with Crippen molar-refractivity contribution in [1.29, 1.82) is 0 Å². The highest BCUT2D eigenvalue weighted by Gasteiger charge is 2.25. The van der Waals surface area contributed by atoms with Crippen molar-refractivity contribution in [3.05, 3.63) is 29.3 Å². The van der Waals surface area contributed by atoms with Crippen LogP contribution in [0.25, 0.3) is 0 Å². The zero-order valence-corrected chi connectivity index (χ0v) is 18.8. The van der Waals surface area contributed by atoms with E-state index in [1.165, 1.54) is 13.8 Å². The van der Waals surface area contributed by atoms with Crippen LogP contribution in [0.3, 0.4) is 0 Å². The maximum atomic E-state index is 12.5. The van der Waals surface area contributed by atoms with Gasteiger partial charge in [0.25, 0.3) is 0 Å². The standard InChI is InChI=1S/C22H29N3O7/c1-12(27)8-14-6-7-16(22(3,4)5)17(9-14)25-21(32)20(31)23-13(2)19(30)24-15(11-26)10-18(28)29/h6-7,9,11,13,15H,8,10H2,1-5H3,(H,23,31)(H,24,30)(H,25,32)(H,28,29). The van der Waals surface area contributed by atoms with Gasteiger partial charge in [-0.3, -0.25) is 24.0 Å². The molecule has 0 heterocycles. The Morgan fingerprint density at radius 2 is 1.69 bits per heavy atom. The van der Waals surface area contributed by atoms with Gasteiger partial charge in [0.2, 0.25) is 5.91 Å². The van der Waals surface area contributed by atoms with E-state index >= 15 is 0 Å². The minimum Gasteiger partial charge on any atom is -0.481 e. The zero-order valence-electron chi connectivity index (χ0n) is 18.8. The average Bonchev–Trinajstić information content (AvgIpc) is 2.65. The minimum atomic E-state index is -1.28. The van der Waals surface area contributed by atoms with Crippen LogP contribution in [-0.4, -0.2) is 53.0 Å². The first kappa shape index (κ1) is 26.5. The van der Waals surface area contributed by atoms with E-state index in [2.05, 4.69) is 16.0 Å². The number of benzene rings is 1. The van der Waals surface area contributed by atoms with Crippen LogP contribution in [0, 0.1) is 0 Å². The maximum absolute atomic E-state index is 12.5. The third-order valence-electron chi connectivity index (χ3n) is 4.43. The summed E-state index contributed by atoms with van der Waals surface area (Å²) in [4.78, 5) is 69.9. The highest BCUT2D eigenvalue weighted by atomic mass is 16.4. The Bertz CT molecular complexity index is 919. The largest absolute Gasteiger partial charge is 0.481 e. The van der Waals surface area contributed by atoms with Gasteiger partial charge < -0.3 is 25.9 Å². The molecule has 0 bridgehead atoms. The Balaban J connectivity index is 2.91. The van der Waals surface area contributed by atoms with Crippen LogP contribution >= 0.6 is 0 Å². The molecule has 10 heteroatoms. The number of carbonyl (C=O) groups is 6. The van der Waals surface area contributed by atoms with E-state index in [4.69, 9.17) is 5.11 Å². The lowest BCUT2D eigenvalue weighted by Crippen LogP contribution is -2.51. The van der Waals surface area contributed by atoms with Gasteiger partial charge in [-0.15, -0.1) is 0 Å². The number of hydrogen-bond acceptors (Lipinski definition) is 6. The fraction of sp³-hybridized carbons (Fsp3) is 0.455. The number of aliphatic carboxylic acids is 1. The lowest BCUT2D eigenvalue weighted by Gasteiger charge is -2.24. The van der Waals surface area contributed by atoms with Crippen LogP contribution in [-0.2, 0) is 40.6 Å². The number of rotatable bonds is 9. The second kappa shape index (κ2) is 11.2. The van der Waals surface area contributed by atoms with Gasteiger partial charge in [-0.1, -0.05) is 32.9 Å². The molecule has 1 aromatic carbocycles. The van der Waals surface area contributed by atoms with Crippen molar-refractivity contribution in [1.82, 2.24) is 10.6 Å². The van der Waals surface area contributed by atoms with Crippen molar-refractivity contribution < 1.29 is 33.9 Å². The van der Waals surface area contributed by atoms with Gasteiger partial charge >= 0.3 is 17.8 Å². The molecule has 0 aliphatic heterocycles. The third-order valence-corrected chi connectivity index (χ3v) is 4.43. The molecular formula is C22H29N3O7. The van der Waals surface area contributed by atoms with E-state index in [0.29, 0.717) is 11.3 Å². The van der Waals surface area contributed by atoms with Gasteiger partial charge in [-0.2, -0.15) is 0 Å². The van der Waals surface area contributed by atoms with E-state index in [1.807, 2.05) is 20.8 Å². The van der Waals surface area contributed by atoms with Crippen molar-refractivity contribution in [2.75, 3.05) is 5.32 Å². The van der Waals surface area contributed by atoms with Gasteiger partial charge in [0, 0.05) is 12.1 Å². The van der Waals surface area contributed by atoms with Crippen LogP contribution in [0.1, 0.15) is 52.2 Å². The summed E-state index contributed by atoms with van der Waals surface area (Å²) >= 11 is 0. The van der Waals surface area contributed by atoms with Gasteiger partial charge in [0.15, 0.2) is 0 Å². The number of ketones is 1. The molecule has 10 nitrogen and oxygen atoms in total. The zero-order chi connectivity index (χ0) is 24.6. The van der Waals surface area contributed by atoms with Crippen molar-refractivity contribution in [3.8, 4) is 0 Å². The number of nitrogens with one attached hydrogen (secondary N) is 3. The quantitative estimate of drug-likeness (QED) is 0.320. The number of carboxylic acids is 1. The van der Waals surface area contributed by atoms with E-state index < -0.39 is 42.2 Å². The smallest absolute Gasteiger partial charge is 0.313 e. The molecule has 1 rings (SSSR count). The predicted molar refractivity (Wildman–Crippen MR) is 116 cm³/mol. The monoisotopic (exact) mass is 447 g/mol. The Labute approximate surface area is 186 Å². The predicted octanol–water partition coefficient (Wildman–Crippen LogP) is 0.717. The summed E-state index contributed by atoms with van der Waals surface area (Å²) in [5, 5.41) is 15.6. The summed E-state index contributed by atoms with van der Waals surface area (Å²) in [6, 6.07) is 2.74. The first-order chi connectivity index (χ1) is 14.7. The average molecular weight is 447 g/mol. The van der Waals surface area contributed by atoms with Gasteiger partial charge in [0.1, 0.15) is 18.1 Å². The number of anilines is 1. The summed E-state index contributed by atoms with van der Waals surface area (Å²) in [5.74, 6) is -4.26. The molecule has 0 fully saturated rings. The summed E-state index contributed by atoms with van der Waals surface area (Å²) in [6.07, 6.45) is -0.164. The van der Waals surface area contributed by atoms with Crippen molar-refractivity contribution >= 4 is 41.4 Å². The lowest BCUT2D eigenvalue weighted by molar-refractivity contribution is -0.139. The lowest BCUT2D eigenvalue weighted by atomic mass is 9.85. The van der Waals surface area contributed by atoms with Gasteiger partial charge in [-0.05, 0) is 36.5 Å². The number of carbonyl (C=O) groups excluding carboxylic acids is 5. The summed E-state index contributed by atoms with van der Waals surface area (Å²) in [7, 11) is 0. The van der Waals surface area contributed by atoms with Gasteiger partial charge in [-0.25, -0.2) is 0 Å². The number of Topliss-reactive ketones (excluding diaryl/α,β-unsaturated/α-hetero) is 1. The summed E-state index contributed by atoms with van der Waals surface area (Å²) < 4.78 is 0.